The standard InChI is InChI=1S/CH2O3.Pb.4H/c2-1(3)4;;;;;/h(H2,2,3,4);;;;;. The Morgan fingerprint density at radius 3 is 1.40 bits per heavy atom. The van der Waals surface area contributed by atoms with Gasteiger partial charge in [-0.1, -0.05) is 0 Å². The van der Waals surface area contributed by atoms with Gasteiger partial charge in [0.25, 0.3) is 0 Å². The zero-order valence-corrected chi connectivity index (χ0v) is 1.80. The molecule has 0 saturated carbocycles. The van der Waals surface area contributed by atoms with Crippen LogP contribution in [0.15, 0.2) is 0 Å². The van der Waals surface area contributed by atoms with Crippen LogP contribution in [0.3, 0.4) is 0 Å². The number of carbonyl (C=O) groups is 1. The second-order valence-electron chi connectivity index (χ2n) is 0.283. The Morgan fingerprint density at radius 1 is 1.40 bits per heavy atom. The molecule has 0 aromatic rings. The molecule has 0 rings (SSSR count). The normalized spacial score (nSPS) is 4.80. The summed E-state index contributed by atoms with van der Waals surface area (Å²) in [5.41, 5.74) is 0. The van der Waals surface area contributed by atoms with Crippen molar-refractivity contribution in [3.8, 4) is 0 Å². The number of rotatable bonds is 0. The fraction of sp³-hybridized carbons (Fsp3) is 0. The summed E-state index contributed by atoms with van der Waals surface area (Å²) in [6.07, 6.45) is -1.83. The van der Waals surface area contributed by atoms with Crippen molar-refractivity contribution in [2.75, 3.05) is 0 Å². The zero-order chi connectivity index (χ0) is 3.58. The minimum atomic E-state index is -1.83. The van der Waals surface area contributed by atoms with Crippen LogP contribution in [0.4, 0.5) is 4.79 Å². The Kier molecular flexibility index (Phi) is 7.51. The van der Waals surface area contributed by atoms with Gasteiger partial charge in [0.2, 0.25) is 0 Å². The van der Waals surface area contributed by atoms with Gasteiger partial charge >= 0.3 is 33.5 Å². The van der Waals surface area contributed by atoms with Gasteiger partial charge in [0.05, 0.1) is 0 Å². The molecule has 2 N–H and O–H groups in total. The molecule has 0 radical (unpaired) electrons. The predicted octanol–water partition coefficient (Wildman–Crippen LogP) is -1.23. The van der Waals surface area contributed by atoms with Crippen molar-refractivity contribution in [3.63, 3.8) is 0 Å². The Hall–Kier alpha value is 0.192. The molecule has 5 heavy (non-hydrogen) atoms. The first kappa shape index (κ1) is 8.95. The Balaban J connectivity index is 0. The van der Waals surface area contributed by atoms with Crippen LogP contribution in [0.2, 0.25) is 0 Å². The molecule has 0 heterocycles. The van der Waals surface area contributed by atoms with Crippen LogP contribution in [0.1, 0.15) is 0 Å². The second kappa shape index (κ2) is 4.19. The summed E-state index contributed by atoms with van der Waals surface area (Å²) in [7, 11) is 0. The van der Waals surface area contributed by atoms with Gasteiger partial charge in [-0.15, -0.1) is 0 Å². The Bertz CT molecular complexity index is 29.9. The number of hydrogen-bond donors (Lipinski definition) is 2. The molecule has 0 aromatic heterocycles. The molecule has 0 unspecified atom stereocenters. The summed E-state index contributed by atoms with van der Waals surface area (Å²) in [4.78, 5) is 8.56. The topological polar surface area (TPSA) is 57.5 Å². The quantitative estimate of drug-likeness (QED) is 0.543. The van der Waals surface area contributed by atoms with E-state index in [1.54, 1.807) is 0 Å². The summed E-state index contributed by atoms with van der Waals surface area (Å²) in [6, 6.07) is 0. The summed E-state index contributed by atoms with van der Waals surface area (Å²) >= 11 is 0. The van der Waals surface area contributed by atoms with E-state index < -0.39 is 6.16 Å². The third-order valence-electron chi connectivity index (χ3n) is 0. The molecule has 32 valence electrons. The van der Waals surface area contributed by atoms with E-state index in [1.807, 2.05) is 0 Å². The molecule has 0 fully saturated rings. The average molecular weight is 273 g/mol. The van der Waals surface area contributed by atoms with Crippen LogP contribution in [0, 0.1) is 0 Å². The number of hydrogen-bond acceptors (Lipinski definition) is 1. The predicted molar refractivity (Wildman–Crippen MR) is 22.0 cm³/mol. The van der Waals surface area contributed by atoms with Gasteiger partial charge in [-0.25, -0.2) is 4.79 Å². The van der Waals surface area contributed by atoms with Gasteiger partial charge in [-0.05, 0) is 0 Å². The molecule has 0 saturated heterocycles. The van der Waals surface area contributed by atoms with Crippen molar-refractivity contribution in [2.24, 2.45) is 0 Å². The van der Waals surface area contributed by atoms with Gasteiger partial charge < -0.3 is 10.2 Å². The third kappa shape index (κ3) is 546. The summed E-state index contributed by atoms with van der Waals surface area (Å²) in [5, 5.41) is 13.9. The maximum atomic E-state index is 8.56. The van der Waals surface area contributed by atoms with Crippen molar-refractivity contribution in [1.29, 1.82) is 0 Å². The molecular formula is CH6O3Pb. The Labute approximate surface area is 48.8 Å². The van der Waals surface area contributed by atoms with E-state index in [1.165, 1.54) is 0 Å². The van der Waals surface area contributed by atoms with Crippen molar-refractivity contribution in [2.45, 2.75) is 0 Å². The molecule has 0 aliphatic heterocycles. The van der Waals surface area contributed by atoms with Crippen LogP contribution in [0.5, 0.6) is 0 Å². The van der Waals surface area contributed by atoms with Gasteiger partial charge in [0.1, 0.15) is 0 Å². The fourth-order valence-electron chi connectivity index (χ4n) is 0. The first-order chi connectivity index (χ1) is 1.73. The van der Waals surface area contributed by atoms with Crippen LogP contribution in [0.25, 0.3) is 0 Å². The van der Waals surface area contributed by atoms with Gasteiger partial charge in [0.15, 0.2) is 0 Å². The third-order valence-corrected chi connectivity index (χ3v) is 0. The van der Waals surface area contributed by atoms with Crippen LogP contribution in [-0.2, 0) is 0 Å². The van der Waals surface area contributed by atoms with Crippen LogP contribution in [-0.4, -0.2) is 43.7 Å². The van der Waals surface area contributed by atoms with Gasteiger partial charge in [-0.3, -0.25) is 0 Å². The van der Waals surface area contributed by atoms with E-state index in [4.69, 9.17) is 15.0 Å². The van der Waals surface area contributed by atoms with Gasteiger partial charge in [0, 0.05) is 0 Å². The van der Waals surface area contributed by atoms with E-state index in [-0.39, 0.29) is 27.3 Å². The van der Waals surface area contributed by atoms with Crippen molar-refractivity contribution < 1.29 is 15.0 Å². The summed E-state index contributed by atoms with van der Waals surface area (Å²) in [5.74, 6) is 0. The minimum absolute atomic E-state index is 0. The van der Waals surface area contributed by atoms with Crippen molar-refractivity contribution >= 4 is 33.5 Å². The Morgan fingerprint density at radius 2 is 1.40 bits per heavy atom. The van der Waals surface area contributed by atoms with E-state index in [0.717, 1.165) is 0 Å². The fourth-order valence-corrected chi connectivity index (χ4v) is 0. The number of carboxylic acid groups (broad SMARTS) is 2. The molecular weight excluding hydrogens is 267 g/mol. The molecule has 0 aromatic carbocycles. The zero-order valence-electron chi connectivity index (χ0n) is 1.80. The van der Waals surface area contributed by atoms with E-state index >= 15 is 0 Å². The van der Waals surface area contributed by atoms with E-state index in [2.05, 4.69) is 0 Å². The molecule has 0 aliphatic carbocycles. The molecule has 0 aliphatic rings. The molecule has 3 nitrogen and oxygen atoms in total. The molecule has 0 spiro atoms. The van der Waals surface area contributed by atoms with Crippen molar-refractivity contribution in [1.82, 2.24) is 0 Å². The molecule has 0 atom stereocenters. The van der Waals surface area contributed by atoms with Crippen molar-refractivity contribution in [3.05, 3.63) is 0 Å². The molecule has 4 heteroatoms. The van der Waals surface area contributed by atoms with Crippen LogP contribution >= 0.6 is 0 Å². The first-order valence-electron chi connectivity index (χ1n) is 0.651. The second-order valence-corrected chi connectivity index (χ2v) is 0.283. The molecule has 0 amide bonds. The monoisotopic (exact) mass is 274 g/mol. The van der Waals surface area contributed by atoms with Crippen LogP contribution < -0.4 is 0 Å². The van der Waals surface area contributed by atoms with Gasteiger partial charge in [-0.2, -0.15) is 0 Å². The average Bonchev–Trinajstić information content (AvgIpc) is 0.811. The molecule has 0 bridgehead atoms. The first-order valence-corrected chi connectivity index (χ1v) is 0.651. The SMILES string of the molecule is O=C(O)O.[PbH4]. The maximum absolute atomic E-state index is 8.56. The van der Waals surface area contributed by atoms with E-state index in [9.17, 15) is 0 Å². The summed E-state index contributed by atoms with van der Waals surface area (Å²) < 4.78 is 0. The van der Waals surface area contributed by atoms with E-state index in [0.29, 0.717) is 0 Å². The summed E-state index contributed by atoms with van der Waals surface area (Å²) in [6.45, 7) is 0.